The minimum Gasteiger partial charge on any atom is -0.337 e. The zero-order valence-electron chi connectivity index (χ0n) is 21.2. The van der Waals surface area contributed by atoms with Crippen molar-refractivity contribution in [3.63, 3.8) is 0 Å². The third-order valence-corrected chi connectivity index (χ3v) is 7.19. The summed E-state index contributed by atoms with van der Waals surface area (Å²) >= 11 is 0. The Morgan fingerprint density at radius 2 is 1.77 bits per heavy atom. The van der Waals surface area contributed by atoms with E-state index in [-0.39, 0.29) is 5.82 Å². The van der Waals surface area contributed by atoms with E-state index >= 15 is 0 Å². The Bertz CT molecular complexity index is 1810. The smallest absolute Gasteiger partial charge is 0.158 e. The number of H-pyrrole nitrogens is 1. The zero-order chi connectivity index (χ0) is 26.2. The molecule has 1 aliphatic rings. The van der Waals surface area contributed by atoms with Crippen molar-refractivity contribution in [1.29, 1.82) is 0 Å². The fraction of sp³-hybridized carbons (Fsp3) is 0.200. The van der Waals surface area contributed by atoms with Crippen molar-refractivity contribution in [2.45, 2.75) is 25.8 Å². The molecule has 0 spiro atoms. The van der Waals surface area contributed by atoms with Crippen LogP contribution in [-0.2, 0) is 6.54 Å². The van der Waals surface area contributed by atoms with Gasteiger partial charge in [-0.25, -0.2) is 19.3 Å². The van der Waals surface area contributed by atoms with Crippen molar-refractivity contribution >= 4 is 21.9 Å². The standard InChI is InChI=1S/C30H25FN8/c31-22-6-4-5-20(12-22)27-29-24(7-8-33-27)37-30(38-29)28-23-13-25(34-16-26(23)35-18-36-28)21-11-19(14-32-15-21)17-39-9-2-1-3-10-39/h4-8,11-16,18H,1-3,9-10,17H2,(H,37,38). The quantitative estimate of drug-likeness (QED) is 0.309. The molecule has 0 bridgehead atoms. The third kappa shape index (κ3) is 4.61. The van der Waals surface area contributed by atoms with Crippen LogP contribution >= 0.6 is 0 Å². The van der Waals surface area contributed by atoms with Gasteiger partial charge in [0.1, 0.15) is 23.4 Å². The van der Waals surface area contributed by atoms with Gasteiger partial charge in [-0.05, 0) is 61.8 Å². The number of nitrogens with one attached hydrogen (secondary N) is 1. The number of fused-ring (bicyclic) bond motifs is 2. The van der Waals surface area contributed by atoms with Crippen molar-refractivity contribution in [1.82, 2.24) is 39.8 Å². The maximum absolute atomic E-state index is 13.9. The monoisotopic (exact) mass is 516 g/mol. The Hall–Kier alpha value is -4.63. The average molecular weight is 517 g/mol. The second kappa shape index (κ2) is 9.92. The van der Waals surface area contributed by atoms with E-state index < -0.39 is 0 Å². The molecule has 1 fully saturated rings. The van der Waals surface area contributed by atoms with Crippen LogP contribution in [-0.4, -0.2) is 52.9 Å². The van der Waals surface area contributed by atoms with Crippen molar-refractivity contribution < 1.29 is 4.39 Å². The second-order valence-corrected chi connectivity index (χ2v) is 9.88. The highest BCUT2D eigenvalue weighted by atomic mass is 19.1. The molecule has 0 aliphatic carbocycles. The number of hydrogen-bond donors (Lipinski definition) is 1. The van der Waals surface area contributed by atoms with Crippen LogP contribution in [0.1, 0.15) is 24.8 Å². The van der Waals surface area contributed by atoms with E-state index in [0.717, 1.165) is 41.8 Å². The molecule has 0 amide bonds. The van der Waals surface area contributed by atoms with Crippen LogP contribution < -0.4 is 0 Å². The molecule has 1 aliphatic heterocycles. The van der Waals surface area contributed by atoms with Crippen molar-refractivity contribution in [2.75, 3.05) is 13.1 Å². The molecule has 1 aromatic carbocycles. The molecular formula is C30H25FN8. The lowest BCUT2D eigenvalue weighted by Crippen LogP contribution is -2.29. The Balaban J connectivity index is 1.29. The molecule has 192 valence electrons. The van der Waals surface area contributed by atoms with Crippen molar-refractivity contribution in [3.05, 3.63) is 85.0 Å². The molecule has 1 saturated heterocycles. The highest BCUT2D eigenvalue weighted by Crippen LogP contribution is 2.31. The Morgan fingerprint density at radius 3 is 2.67 bits per heavy atom. The van der Waals surface area contributed by atoms with Crippen molar-refractivity contribution in [3.8, 4) is 34.0 Å². The van der Waals surface area contributed by atoms with Crippen molar-refractivity contribution in [2.24, 2.45) is 0 Å². The van der Waals surface area contributed by atoms with Crippen LogP contribution in [0.2, 0.25) is 0 Å². The molecule has 0 unspecified atom stereocenters. The van der Waals surface area contributed by atoms with E-state index in [9.17, 15) is 4.39 Å². The first-order valence-electron chi connectivity index (χ1n) is 13.1. The van der Waals surface area contributed by atoms with Gasteiger partial charge in [-0.3, -0.25) is 19.9 Å². The number of nitrogens with zero attached hydrogens (tertiary/aromatic N) is 7. The maximum Gasteiger partial charge on any atom is 0.158 e. The summed E-state index contributed by atoms with van der Waals surface area (Å²) in [4.78, 5) is 33.4. The van der Waals surface area contributed by atoms with Gasteiger partial charge in [-0.2, -0.15) is 0 Å². The van der Waals surface area contributed by atoms with E-state index in [1.54, 1.807) is 18.5 Å². The summed E-state index contributed by atoms with van der Waals surface area (Å²) in [6.45, 7) is 3.16. The molecule has 9 heteroatoms. The summed E-state index contributed by atoms with van der Waals surface area (Å²) in [6, 6.07) is 12.4. The van der Waals surface area contributed by atoms with Crippen LogP contribution in [0.25, 0.3) is 56.0 Å². The topological polar surface area (TPSA) is 96.4 Å². The molecule has 5 aromatic heterocycles. The van der Waals surface area contributed by atoms with Gasteiger partial charge >= 0.3 is 0 Å². The summed E-state index contributed by atoms with van der Waals surface area (Å²) in [7, 11) is 0. The highest BCUT2D eigenvalue weighted by Gasteiger charge is 2.17. The van der Waals surface area contributed by atoms with Gasteiger partial charge in [0.05, 0.1) is 28.6 Å². The van der Waals surface area contributed by atoms with Gasteiger partial charge in [0, 0.05) is 41.6 Å². The summed E-state index contributed by atoms with van der Waals surface area (Å²) in [6.07, 6.45) is 12.6. The van der Waals surface area contributed by atoms with Crippen LogP contribution in [0, 0.1) is 5.82 Å². The number of pyridine rings is 3. The predicted octanol–water partition coefficient (Wildman–Crippen LogP) is 5.82. The summed E-state index contributed by atoms with van der Waals surface area (Å²) in [5.74, 6) is 0.260. The lowest BCUT2D eigenvalue weighted by atomic mass is 10.1. The summed E-state index contributed by atoms with van der Waals surface area (Å²) in [5.41, 5.74) is 6.99. The molecule has 6 aromatic rings. The number of piperidine rings is 1. The average Bonchev–Trinajstić information content (AvgIpc) is 3.42. The molecule has 0 saturated carbocycles. The SMILES string of the molecule is Fc1cccc(-c2nccc3[nH]c(-c4ncnc5cnc(-c6cncc(CN7CCCCC7)c6)cc45)nc23)c1. The van der Waals surface area contributed by atoms with Gasteiger partial charge in [0.25, 0.3) is 0 Å². The van der Waals surface area contributed by atoms with Gasteiger partial charge in [-0.15, -0.1) is 0 Å². The molecule has 7 rings (SSSR count). The first-order valence-corrected chi connectivity index (χ1v) is 13.1. The molecule has 0 atom stereocenters. The molecule has 8 nitrogen and oxygen atoms in total. The predicted molar refractivity (Wildman–Crippen MR) is 148 cm³/mol. The molecule has 39 heavy (non-hydrogen) atoms. The number of hydrogen-bond acceptors (Lipinski definition) is 7. The number of aromatic amines is 1. The largest absolute Gasteiger partial charge is 0.337 e. The first-order chi connectivity index (χ1) is 19.2. The number of halogens is 1. The number of aromatic nitrogens is 7. The van der Waals surface area contributed by atoms with E-state index in [4.69, 9.17) is 4.98 Å². The maximum atomic E-state index is 13.9. The van der Waals surface area contributed by atoms with Gasteiger partial charge in [0.2, 0.25) is 0 Å². The zero-order valence-corrected chi connectivity index (χ0v) is 21.2. The fourth-order valence-electron chi connectivity index (χ4n) is 5.29. The normalized spacial score (nSPS) is 14.3. The van der Waals surface area contributed by atoms with E-state index in [1.165, 1.54) is 43.3 Å². The van der Waals surface area contributed by atoms with Gasteiger partial charge in [-0.1, -0.05) is 18.6 Å². The second-order valence-electron chi connectivity index (χ2n) is 9.88. The van der Waals surface area contributed by atoms with Gasteiger partial charge < -0.3 is 4.98 Å². The highest BCUT2D eigenvalue weighted by molar-refractivity contribution is 5.96. The molecule has 0 radical (unpaired) electrons. The van der Waals surface area contributed by atoms with E-state index in [1.807, 2.05) is 30.6 Å². The minimum atomic E-state index is -0.321. The van der Waals surface area contributed by atoms with Crippen LogP contribution in [0.15, 0.2) is 73.6 Å². The van der Waals surface area contributed by atoms with E-state index in [2.05, 4.69) is 40.9 Å². The molecule has 6 heterocycles. The Labute approximate surface area is 224 Å². The number of rotatable bonds is 5. The molecule has 1 N–H and O–H groups in total. The number of likely N-dealkylation sites (tertiary alicyclic amines) is 1. The van der Waals surface area contributed by atoms with E-state index in [0.29, 0.717) is 33.8 Å². The van der Waals surface area contributed by atoms with Crippen LogP contribution in [0.4, 0.5) is 4.39 Å². The first kappa shape index (κ1) is 23.5. The molecular weight excluding hydrogens is 491 g/mol. The lowest BCUT2D eigenvalue weighted by Gasteiger charge is -2.26. The van der Waals surface area contributed by atoms with Gasteiger partial charge in [0.15, 0.2) is 5.82 Å². The van der Waals surface area contributed by atoms with Crippen LogP contribution in [0.3, 0.4) is 0 Å². The lowest BCUT2D eigenvalue weighted by molar-refractivity contribution is 0.220. The Morgan fingerprint density at radius 1 is 0.846 bits per heavy atom. The van der Waals surface area contributed by atoms with Crippen LogP contribution in [0.5, 0.6) is 0 Å². The third-order valence-electron chi connectivity index (χ3n) is 7.19. The number of imidazole rings is 1. The summed E-state index contributed by atoms with van der Waals surface area (Å²) < 4.78 is 13.9. The minimum absolute atomic E-state index is 0.321. The summed E-state index contributed by atoms with van der Waals surface area (Å²) in [5, 5.41) is 0.822. The Kier molecular flexibility index (Phi) is 5.97. The fourth-order valence-corrected chi connectivity index (χ4v) is 5.29. The number of benzene rings is 1.